The van der Waals surface area contributed by atoms with Gasteiger partial charge in [-0.05, 0) is 50.4 Å². The van der Waals surface area contributed by atoms with Crippen LogP contribution in [0, 0.1) is 6.92 Å². The van der Waals surface area contributed by atoms with Crippen LogP contribution in [0.4, 0.5) is 16.0 Å². The Morgan fingerprint density at radius 3 is 2.79 bits per heavy atom. The van der Waals surface area contributed by atoms with Gasteiger partial charge in [0.15, 0.2) is 0 Å². The zero-order chi connectivity index (χ0) is 23.4. The number of likely N-dealkylation sites (tertiary alicyclic amines) is 1. The third-order valence-corrected chi connectivity index (χ3v) is 7.67. The van der Waals surface area contributed by atoms with E-state index in [1.807, 2.05) is 34.8 Å². The molecule has 1 aliphatic carbocycles. The first-order valence-corrected chi connectivity index (χ1v) is 12.3. The molecule has 2 aromatic heterocycles. The third-order valence-electron chi connectivity index (χ3n) is 7.34. The minimum atomic E-state index is -1.09. The lowest BCUT2D eigenvalue weighted by molar-refractivity contribution is 0.0353. The number of benzene rings is 1. The maximum Gasteiger partial charge on any atom is 0.227 e. The topological polar surface area (TPSA) is 88.3 Å². The highest BCUT2D eigenvalue weighted by molar-refractivity contribution is 6.32. The number of nitrogens with one attached hydrogen (secondary N) is 1. The molecule has 0 amide bonds. The predicted octanol–water partition coefficient (Wildman–Crippen LogP) is 3.75. The van der Waals surface area contributed by atoms with Crippen molar-refractivity contribution in [2.45, 2.75) is 56.5 Å². The van der Waals surface area contributed by atoms with Gasteiger partial charge in [0.25, 0.3) is 0 Å². The summed E-state index contributed by atoms with van der Waals surface area (Å²) >= 11 is 6.59. The lowest BCUT2D eigenvalue weighted by atomic mass is 9.86. The highest BCUT2D eigenvalue weighted by Crippen LogP contribution is 2.39. The molecule has 10 heteroatoms. The predicted molar refractivity (Wildman–Crippen MR) is 128 cm³/mol. The summed E-state index contributed by atoms with van der Waals surface area (Å²) in [6.07, 6.45) is 4.84. The highest BCUT2D eigenvalue weighted by atomic mass is 35.5. The van der Waals surface area contributed by atoms with Gasteiger partial charge < -0.3 is 15.2 Å². The molecule has 4 heterocycles. The van der Waals surface area contributed by atoms with E-state index < -0.39 is 12.3 Å². The van der Waals surface area contributed by atoms with Crippen molar-refractivity contribution in [2.24, 2.45) is 0 Å². The second-order valence-electron chi connectivity index (χ2n) is 9.65. The van der Waals surface area contributed by atoms with E-state index in [9.17, 15) is 5.11 Å². The van der Waals surface area contributed by atoms with Gasteiger partial charge >= 0.3 is 0 Å². The molecule has 0 bridgehead atoms. The molecule has 34 heavy (non-hydrogen) atoms. The maximum absolute atomic E-state index is 15.4. The molecular weight excluding hydrogens is 459 g/mol. The van der Waals surface area contributed by atoms with Crippen molar-refractivity contribution >= 4 is 34.1 Å². The summed E-state index contributed by atoms with van der Waals surface area (Å²) in [5.74, 6) is 0.152. The zero-order valence-electron chi connectivity index (χ0n) is 19.0. The van der Waals surface area contributed by atoms with Gasteiger partial charge in [0, 0.05) is 29.1 Å². The molecule has 2 aliphatic heterocycles. The summed E-state index contributed by atoms with van der Waals surface area (Å²) in [7, 11) is 0. The van der Waals surface area contributed by atoms with Crippen molar-refractivity contribution in [2.75, 3.05) is 31.6 Å². The van der Waals surface area contributed by atoms with Crippen LogP contribution >= 0.6 is 11.6 Å². The van der Waals surface area contributed by atoms with E-state index in [0.29, 0.717) is 43.2 Å². The number of alkyl halides is 1. The van der Waals surface area contributed by atoms with Crippen molar-refractivity contribution < 1.29 is 14.2 Å². The average molecular weight is 487 g/mol. The molecule has 0 radical (unpaired) electrons. The van der Waals surface area contributed by atoms with Gasteiger partial charge in [-0.3, -0.25) is 9.58 Å². The molecule has 6 rings (SSSR count). The number of aliphatic hydroxyl groups excluding tert-OH is 1. The Morgan fingerprint density at radius 2 is 2.06 bits per heavy atom. The number of ether oxygens (including phenoxy) is 1. The molecule has 1 aromatic carbocycles. The van der Waals surface area contributed by atoms with E-state index >= 15 is 4.39 Å². The quantitative estimate of drug-likeness (QED) is 0.567. The van der Waals surface area contributed by atoms with Crippen LogP contribution < -0.4 is 5.32 Å². The molecule has 0 unspecified atom stereocenters. The monoisotopic (exact) mass is 486 g/mol. The van der Waals surface area contributed by atoms with Gasteiger partial charge in [-0.1, -0.05) is 11.6 Å². The summed E-state index contributed by atoms with van der Waals surface area (Å²) < 4.78 is 22.8. The second-order valence-corrected chi connectivity index (χ2v) is 10.1. The van der Waals surface area contributed by atoms with E-state index in [1.54, 1.807) is 6.20 Å². The lowest BCUT2D eigenvalue weighted by Crippen LogP contribution is -2.50. The SMILES string of the molecule is Cc1c(Nc2ncc3cc(Cl)c([C@@H]4CCN([C@H]5COC[C@H]5O)C[C@H]4F)cc3n2)cnn1C1CC1. The molecule has 180 valence electrons. The van der Waals surface area contributed by atoms with E-state index in [-0.39, 0.29) is 18.5 Å². The zero-order valence-corrected chi connectivity index (χ0v) is 19.7. The fourth-order valence-electron chi connectivity index (χ4n) is 5.23. The van der Waals surface area contributed by atoms with Crippen molar-refractivity contribution in [1.29, 1.82) is 0 Å². The van der Waals surface area contributed by atoms with Gasteiger partial charge in [-0.15, -0.1) is 0 Å². The summed E-state index contributed by atoms with van der Waals surface area (Å²) in [5.41, 5.74) is 3.44. The number of anilines is 2. The van der Waals surface area contributed by atoms with Crippen LogP contribution in [-0.4, -0.2) is 74.4 Å². The Morgan fingerprint density at radius 1 is 1.21 bits per heavy atom. The van der Waals surface area contributed by atoms with E-state index in [0.717, 1.165) is 27.8 Å². The van der Waals surface area contributed by atoms with Crippen molar-refractivity contribution in [3.63, 3.8) is 0 Å². The molecule has 3 aliphatic rings. The highest BCUT2D eigenvalue weighted by Gasteiger charge is 2.39. The first-order valence-electron chi connectivity index (χ1n) is 11.9. The number of piperidine rings is 1. The number of nitrogens with zero attached hydrogens (tertiary/aromatic N) is 5. The Hall–Kier alpha value is -2.33. The molecule has 0 spiro atoms. The van der Waals surface area contributed by atoms with Crippen LogP contribution in [0.2, 0.25) is 5.02 Å². The van der Waals surface area contributed by atoms with Gasteiger partial charge in [0.05, 0.1) is 54.5 Å². The molecule has 1 saturated carbocycles. The maximum atomic E-state index is 15.4. The van der Waals surface area contributed by atoms with Crippen LogP contribution in [-0.2, 0) is 4.74 Å². The summed E-state index contributed by atoms with van der Waals surface area (Å²) in [4.78, 5) is 11.1. The van der Waals surface area contributed by atoms with Crippen molar-refractivity contribution in [3.8, 4) is 0 Å². The summed E-state index contributed by atoms with van der Waals surface area (Å²) in [6, 6.07) is 4.08. The number of rotatable bonds is 5. The van der Waals surface area contributed by atoms with Crippen LogP contribution in [0.15, 0.2) is 24.5 Å². The molecule has 2 N–H and O–H groups in total. The largest absolute Gasteiger partial charge is 0.389 e. The Balaban J connectivity index is 1.23. The second kappa shape index (κ2) is 8.71. The molecule has 2 saturated heterocycles. The van der Waals surface area contributed by atoms with Gasteiger partial charge in [-0.25, -0.2) is 14.4 Å². The number of hydrogen-bond donors (Lipinski definition) is 2. The smallest absolute Gasteiger partial charge is 0.227 e. The molecule has 3 fully saturated rings. The third kappa shape index (κ3) is 4.04. The number of aliphatic hydroxyl groups is 1. The van der Waals surface area contributed by atoms with Gasteiger partial charge in [-0.2, -0.15) is 5.10 Å². The summed E-state index contributed by atoms with van der Waals surface area (Å²) in [5, 5.41) is 19.2. The van der Waals surface area contributed by atoms with E-state index in [4.69, 9.17) is 21.3 Å². The normalized spacial score (nSPS) is 28.0. The van der Waals surface area contributed by atoms with E-state index in [2.05, 4.69) is 15.4 Å². The molecule has 3 aromatic rings. The first kappa shape index (κ1) is 22.2. The van der Waals surface area contributed by atoms with Crippen LogP contribution in [0.25, 0.3) is 10.9 Å². The Bertz CT molecular complexity index is 1220. The minimum absolute atomic E-state index is 0.139. The van der Waals surface area contributed by atoms with Crippen molar-refractivity contribution in [3.05, 3.63) is 40.8 Å². The van der Waals surface area contributed by atoms with Crippen molar-refractivity contribution in [1.82, 2.24) is 24.6 Å². The van der Waals surface area contributed by atoms with Gasteiger partial charge in [0.1, 0.15) is 6.17 Å². The average Bonchev–Trinajstić information content (AvgIpc) is 3.47. The number of aromatic nitrogens is 4. The van der Waals surface area contributed by atoms with Crippen LogP contribution in [0.1, 0.15) is 42.5 Å². The van der Waals surface area contributed by atoms with Gasteiger partial charge in [0.2, 0.25) is 5.95 Å². The van der Waals surface area contributed by atoms with E-state index in [1.165, 1.54) is 12.8 Å². The fourth-order valence-corrected chi connectivity index (χ4v) is 5.54. The minimum Gasteiger partial charge on any atom is -0.389 e. The van der Waals surface area contributed by atoms with Crippen LogP contribution in [0.5, 0.6) is 0 Å². The first-order chi connectivity index (χ1) is 16.5. The number of halogens is 2. The summed E-state index contributed by atoms with van der Waals surface area (Å²) in [6.45, 7) is 3.74. The van der Waals surface area contributed by atoms with Crippen LogP contribution in [0.3, 0.4) is 0 Å². The molecule has 4 atom stereocenters. The fraction of sp³-hybridized carbons (Fsp3) is 0.542. The lowest BCUT2D eigenvalue weighted by Gasteiger charge is -2.39. The number of hydrogen-bond acceptors (Lipinski definition) is 7. The Kier molecular flexibility index (Phi) is 5.68. The molecule has 8 nitrogen and oxygen atoms in total. The Labute approximate surface area is 202 Å². The molecular formula is C24H28ClFN6O2. The number of fused-ring (bicyclic) bond motifs is 1. The standard InChI is InChI=1S/C24H28ClFN6O2/c1-13-21(9-28-32(13)15-2-3-15)30-24-27-8-14-6-18(25)17(7-20(14)29-24)16-4-5-31(10-19(16)26)22-11-34-12-23(22)33/h6-9,15-16,19,22-23,33H,2-5,10-12H2,1H3,(H,27,29,30)/t16-,19+,22-,23+/m0/s1.